The number of nitriles is 1. The second-order valence-corrected chi connectivity index (χ2v) is 7.58. The van der Waals surface area contributed by atoms with Gasteiger partial charge >= 0.3 is 0 Å². The third-order valence-electron chi connectivity index (χ3n) is 4.00. The van der Waals surface area contributed by atoms with E-state index < -0.39 is 0 Å². The normalized spacial score (nSPS) is 13.4. The maximum atomic E-state index is 11.8. The van der Waals surface area contributed by atoms with Crippen LogP contribution in [0.3, 0.4) is 0 Å². The van der Waals surface area contributed by atoms with Gasteiger partial charge in [-0.3, -0.25) is 9.59 Å². The highest BCUT2D eigenvalue weighted by Gasteiger charge is 2.24. The molecule has 3 rings (SSSR count). The number of rotatable bonds is 5. The zero-order valence-electron chi connectivity index (χ0n) is 14.9. The van der Waals surface area contributed by atoms with E-state index >= 15 is 0 Å². The number of carbonyl (C=O) groups is 2. The molecule has 1 aliphatic heterocycles. The Morgan fingerprint density at radius 2 is 1.69 bits per heavy atom. The molecule has 0 saturated carbocycles. The van der Waals surface area contributed by atoms with Crippen molar-refractivity contribution in [2.75, 3.05) is 11.5 Å². The van der Waals surface area contributed by atoms with Crippen LogP contribution < -0.4 is 9.64 Å². The Morgan fingerprint density at radius 3 is 2.21 bits per heavy atom. The van der Waals surface area contributed by atoms with Gasteiger partial charge in [-0.25, -0.2) is 4.90 Å². The molecule has 0 unspecified atom stereocenters. The maximum absolute atomic E-state index is 11.8. The van der Waals surface area contributed by atoms with E-state index in [-0.39, 0.29) is 18.4 Å². The van der Waals surface area contributed by atoms with E-state index in [1.54, 1.807) is 30.3 Å². The first kappa shape index (κ1) is 20.6. The first-order valence-corrected chi connectivity index (χ1v) is 9.87. The van der Waals surface area contributed by atoms with Crippen LogP contribution in [0.2, 0.25) is 0 Å². The Hall–Kier alpha value is -3.13. The molecule has 0 aromatic heterocycles. The van der Waals surface area contributed by atoms with E-state index in [4.69, 9.17) is 11.2 Å². The van der Waals surface area contributed by atoms with Gasteiger partial charge < -0.3 is 4.74 Å². The molecule has 0 bridgehead atoms. The van der Waals surface area contributed by atoms with Crippen molar-refractivity contribution in [3.63, 3.8) is 0 Å². The van der Waals surface area contributed by atoms with Crippen molar-refractivity contribution in [1.82, 2.24) is 0 Å². The third-order valence-corrected chi connectivity index (χ3v) is 5.18. The fourth-order valence-corrected chi connectivity index (χ4v) is 4.16. The SMILES string of the molecule is C#CCOc1c(Br)cc(/C=C(\C#N)c2ccc(N3C(=O)C=CC3=O)cc2)cc1Br. The standard InChI is InChI=1S/C22H12Br2N2O3/c1-2-9-29-22-18(23)11-14(12-19(22)24)10-16(13-25)15-3-5-17(6-4-15)26-20(27)7-8-21(26)28/h1,3-8,10-12H,9H2/b16-10+. The van der Waals surface area contributed by atoms with E-state index in [1.807, 2.05) is 12.1 Å². The summed E-state index contributed by atoms with van der Waals surface area (Å²) >= 11 is 6.89. The molecule has 2 amide bonds. The van der Waals surface area contributed by atoms with Crippen LogP contribution in [0, 0.1) is 23.7 Å². The summed E-state index contributed by atoms with van der Waals surface area (Å²) < 4.78 is 6.87. The number of hydrogen-bond acceptors (Lipinski definition) is 4. The van der Waals surface area contributed by atoms with Gasteiger partial charge in [0.2, 0.25) is 0 Å². The van der Waals surface area contributed by atoms with Crippen LogP contribution in [0.25, 0.3) is 11.6 Å². The average molecular weight is 512 g/mol. The molecule has 0 atom stereocenters. The first-order valence-electron chi connectivity index (χ1n) is 8.28. The summed E-state index contributed by atoms with van der Waals surface area (Å²) in [4.78, 5) is 24.6. The maximum Gasteiger partial charge on any atom is 0.258 e. The molecular weight excluding hydrogens is 500 g/mol. The van der Waals surface area contributed by atoms with Crippen molar-refractivity contribution < 1.29 is 14.3 Å². The summed E-state index contributed by atoms with van der Waals surface area (Å²) in [6.07, 6.45) is 9.40. The number of nitrogens with zero attached hydrogens (tertiary/aromatic N) is 2. The van der Waals surface area contributed by atoms with Crippen LogP contribution in [0.4, 0.5) is 5.69 Å². The summed E-state index contributed by atoms with van der Waals surface area (Å²) in [5.41, 5.74) is 2.30. The molecule has 0 saturated heterocycles. The van der Waals surface area contributed by atoms with E-state index in [9.17, 15) is 14.9 Å². The number of carbonyl (C=O) groups excluding carboxylic acids is 2. The fourth-order valence-electron chi connectivity index (χ4n) is 2.71. The predicted octanol–water partition coefficient (Wildman–Crippen LogP) is 4.72. The second-order valence-electron chi connectivity index (χ2n) is 5.87. The Morgan fingerprint density at radius 1 is 1.10 bits per heavy atom. The van der Waals surface area contributed by atoms with Crippen molar-refractivity contribution in [1.29, 1.82) is 5.26 Å². The van der Waals surface area contributed by atoms with Crippen LogP contribution in [0.5, 0.6) is 5.75 Å². The molecule has 1 aliphatic rings. The molecule has 1 heterocycles. The monoisotopic (exact) mass is 510 g/mol. The Labute approximate surface area is 184 Å². The molecule has 0 spiro atoms. The summed E-state index contributed by atoms with van der Waals surface area (Å²) in [5.74, 6) is 2.21. The van der Waals surface area contributed by atoms with Crippen molar-refractivity contribution >= 4 is 61.0 Å². The average Bonchev–Trinajstić information content (AvgIpc) is 3.04. The van der Waals surface area contributed by atoms with Gasteiger partial charge in [0.25, 0.3) is 11.8 Å². The number of anilines is 1. The third kappa shape index (κ3) is 4.48. The second kappa shape index (κ2) is 8.91. The number of terminal acetylenes is 1. The Bertz CT molecular complexity index is 1100. The highest BCUT2D eigenvalue weighted by atomic mass is 79.9. The molecule has 2 aromatic carbocycles. The summed E-state index contributed by atoms with van der Waals surface area (Å²) in [7, 11) is 0. The molecule has 142 valence electrons. The van der Waals surface area contributed by atoms with Gasteiger partial charge in [0.15, 0.2) is 0 Å². The number of amides is 2. The van der Waals surface area contributed by atoms with Gasteiger partial charge in [0.05, 0.1) is 26.3 Å². The van der Waals surface area contributed by atoms with Crippen LogP contribution in [-0.4, -0.2) is 18.4 Å². The Kier molecular flexibility index (Phi) is 6.33. The lowest BCUT2D eigenvalue weighted by atomic mass is 10.0. The van der Waals surface area contributed by atoms with Crippen LogP contribution in [0.15, 0.2) is 57.5 Å². The molecule has 0 fully saturated rings. The largest absolute Gasteiger partial charge is 0.479 e. The summed E-state index contributed by atoms with van der Waals surface area (Å²) in [6.45, 7) is 0.139. The summed E-state index contributed by atoms with van der Waals surface area (Å²) in [5, 5.41) is 9.60. The highest BCUT2D eigenvalue weighted by Crippen LogP contribution is 2.36. The highest BCUT2D eigenvalue weighted by molar-refractivity contribution is 9.11. The number of benzene rings is 2. The minimum atomic E-state index is -0.388. The van der Waals surface area contributed by atoms with E-state index in [0.717, 1.165) is 10.5 Å². The topological polar surface area (TPSA) is 70.4 Å². The number of allylic oxidation sites excluding steroid dienone is 1. The minimum absolute atomic E-state index is 0.139. The van der Waals surface area contributed by atoms with Crippen LogP contribution in [-0.2, 0) is 9.59 Å². The van der Waals surface area contributed by atoms with Crippen molar-refractivity contribution in [2.24, 2.45) is 0 Å². The predicted molar refractivity (Wildman–Crippen MR) is 118 cm³/mol. The molecule has 7 heteroatoms. The number of imide groups is 1. The van der Waals surface area contributed by atoms with Gasteiger partial charge in [-0.2, -0.15) is 5.26 Å². The van der Waals surface area contributed by atoms with Crippen molar-refractivity contribution in [3.05, 3.63) is 68.6 Å². The first-order chi connectivity index (χ1) is 13.9. The van der Waals surface area contributed by atoms with Crippen LogP contribution >= 0.6 is 31.9 Å². The zero-order valence-corrected chi connectivity index (χ0v) is 18.0. The van der Waals surface area contributed by atoms with Gasteiger partial charge in [0.1, 0.15) is 12.4 Å². The van der Waals surface area contributed by atoms with E-state index in [2.05, 4.69) is 43.8 Å². The molecule has 0 N–H and O–H groups in total. The van der Waals surface area contributed by atoms with Gasteiger partial charge in [-0.05, 0) is 73.3 Å². The molecule has 0 aliphatic carbocycles. The lowest BCUT2D eigenvalue weighted by Gasteiger charge is -2.14. The zero-order chi connectivity index (χ0) is 21.0. The molecule has 29 heavy (non-hydrogen) atoms. The lowest BCUT2D eigenvalue weighted by molar-refractivity contribution is -0.119. The quantitative estimate of drug-likeness (QED) is 0.252. The van der Waals surface area contributed by atoms with Gasteiger partial charge in [-0.1, -0.05) is 18.1 Å². The molecule has 0 radical (unpaired) electrons. The van der Waals surface area contributed by atoms with Crippen molar-refractivity contribution in [3.8, 4) is 24.2 Å². The molecular formula is C22H12Br2N2O3. The molecule has 5 nitrogen and oxygen atoms in total. The smallest absolute Gasteiger partial charge is 0.258 e. The number of hydrogen-bond donors (Lipinski definition) is 0. The lowest BCUT2D eigenvalue weighted by Crippen LogP contribution is -2.29. The Balaban J connectivity index is 1.89. The van der Waals surface area contributed by atoms with Gasteiger partial charge in [-0.15, -0.1) is 6.42 Å². The number of ether oxygens (including phenoxy) is 1. The van der Waals surface area contributed by atoms with E-state index in [0.29, 0.717) is 31.5 Å². The number of halogens is 2. The van der Waals surface area contributed by atoms with Gasteiger partial charge in [0, 0.05) is 12.2 Å². The minimum Gasteiger partial charge on any atom is -0.479 e. The van der Waals surface area contributed by atoms with Crippen molar-refractivity contribution in [2.45, 2.75) is 0 Å². The van der Waals surface area contributed by atoms with Crippen LogP contribution in [0.1, 0.15) is 11.1 Å². The molecule has 2 aromatic rings. The van der Waals surface area contributed by atoms with E-state index in [1.165, 1.54) is 12.2 Å². The summed E-state index contributed by atoms with van der Waals surface area (Å²) in [6, 6.07) is 12.5. The fraction of sp³-hybridized carbons (Fsp3) is 0.0455.